The zero-order valence-electron chi connectivity index (χ0n) is 11.5. The first kappa shape index (κ1) is 13.3. The molecular weight excluding hydrogens is 246 g/mol. The minimum absolute atomic E-state index is 0.598. The van der Waals surface area contributed by atoms with Crippen molar-refractivity contribution in [3.8, 4) is 0 Å². The molecule has 2 aromatic heterocycles. The number of aryl methyl sites for hydroxylation is 3. The van der Waals surface area contributed by atoms with Crippen molar-refractivity contribution < 1.29 is 0 Å². The Morgan fingerprint density at radius 2 is 2.17 bits per heavy atom. The molecule has 0 radical (unpaired) electrons. The summed E-state index contributed by atoms with van der Waals surface area (Å²) in [5.74, 6) is 0.598. The molecule has 1 unspecified atom stereocenters. The number of imidazole rings is 1. The Balaban J connectivity index is 2.37. The average Bonchev–Trinajstić information content (AvgIpc) is 2.84. The van der Waals surface area contributed by atoms with Gasteiger partial charge < -0.3 is 5.73 Å². The molecule has 0 aliphatic rings. The number of aromatic nitrogens is 4. The van der Waals surface area contributed by atoms with Crippen molar-refractivity contribution >= 4 is 28.9 Å². The van der Waals surface area contributed by atoms with E-state index in [-0.39, 0.29) is 0 Å². The Bertz CT molecular complexity index is 542. The second kappa shape index (κ2) is 5.22. The maximum Gasteiger partial charge on any atom is 0.202 e. The number of thioether (sulfide) groups is 1. The van der Waals surface area contributed by atoms with Crippen LogP contribution in [0.25, 0.3) is 11.2 Å². The minimum Gasteiger partial charge on any atom is -0.369 e. The van der Waals surface area contributed by atoms with Crippen LogP contribution in [0.2, 0.25) is 0 Å². The van der Waals surface area contributed by atoms with Crippen LogP contribution in [0.1, 0.15) is 26.0 Å². The van der Waals surface area contributed by atoms with Gasteiger partial charge in [-0.3, -0.25) is 9.25 Å². The summed E-state index contributed by atoms with van der Waals surface area (Å²) in [6.07, 6.45) is 4.11. The predicted octanol–water partition coefficient (Wildman–Crippen LogP) is 2.06. The summed E-state index contributed by atoms with van der Waals surface area (Å²) in [6, 6.07) is 0. The van der Waals surface area contributed by atoms with E-state index in [2.05, 4.69) is 34.8 Å². The van der Waals surface area contributed by atoms with Crippen LogP contribution in [0.4, 0.5) is 5.95 Å². The van der Waals surface area contributed by atoms with Gasteiger partial charge in [-0.1, -0.05) is 13.8 Å². The van der Waals surface area contributed by atoms with Gasteiger partial charge in [-0.25, -0.2) is 4.98 Å². The molecule has 100 valence electrons. The highest BCUT2D eigenvalue weighted by atomic mass is 32.2. The van der Waals surface area contributed by atoms with Gasteiger partial charge in [-0.05, 0) is 19.1 Å². The van der Waals surface area contributed by atoms with Crippen molar-refractivity contribution in [1.82, 2.24) is 19.3 Å². The van der Waals surface area contributed by atoms with Gasteiger partial charge in [0, 0.05) is 18.8 Å². The summed E-state index contributed by atoms with van der Waals surface area (Å²) in [5.41, 5.74) is 9.04. The number of nitrogens with two attached hydrogens (primary N) is 1. The summed E-state index contributed by atoms with van der Waals surface area (Å²) < 4.78 is 3.97. The van der Waals surface area contributed by atoms with E-state index < -0.39 is 0 Å². The van der Waals surface area contributed by atoms with Crippen LogP contribution in [0, 0.1) is 0 Å². The van der Waals surface area contributed by atoms with Crippen molar-refractivity contribution in [1.29, 1.82) is 0 Å². The van der Waals surface area contributed by atoms with E-state index in [9.17, 15) is 0 Å². The molecule has 6 heteroatoms. The molecule has 18 heavy (non-hydrogen) atoms. The van der Waals surface area contributed by atoms with Crippen LogP contribution in [-0.2, 0) is 20.0 Å². The second-order valence-corrected chi connectivity index (χ2v) is 5.83. The standard InChI is InChI=1S/C12H21N5S/c1-5-9-10-11(16(3)15-9)17(12(13)14-10)7-6-8(2)18-4/h8H,5-7H2,1-4H3,(H2,13,14). The molecule has 2 aromatic rings. The quantitative estimate of drug-likeness (QED) is 0.900. The third-order valence-corrected chi connectivity index (χ3v) is 4.36. The molecule has 0 amide bonds. The summed E-state index contributed by atoms with van der Waals surface area (Å²) in [7, 11) is 1.96. The highest BCUT2D eigenvalue weighted by molar-refractivity contribution is 7.99. The first-order valence-electron chi connectivity index (χ1n) is 6.28. The summed E-state index contributed by atoms with van der Waals surface area (Å²) in [5, 5.41) is 5.12. The van der Waals surface area contributed by atoms with Crippen molar-refractivity contribution in [3.05, 3.63) is 5.69 Å². The smallest absolute Gasteiger partial charge is 0.202 e. The maximum atomic E-state index is 6.02. The van der Waals surface area contributed by atoms with Gasteiger partial charge in [0.25, 0.3) is 0 Å². The molecule has 2 heterocycles. The number of anilines is 1. The van der Waals surface area contributed by atoms with Gasteiger partial charge in [-0.2, -0.15) is 16.9 Å². The number of hydrogen-bond acceptors (Lipinski definition) is 4. The van der Waals surface area contributed by atoms with Gasteiger partial charge in [0.15, 0.2) is 5.65 Å². The molecule has 2 rings (SSSR count). The third-order valence-electron chi connectivity index (χ3n) is 3.32. The van der Waals surface area contributed by atoms with E-state index in [0.717, 1.165) is 36.2 Å². The molecule has 5 nitrogen and oxygen atoms in total. The topological polar surface area (TPSA) is 61.7 Å². The fraction of sp³-hybridized carbons (Fsp3) is 0.667. The average molecular weight is 267 g/mol. The normalized spacial score (nSPS) is 13.3. The van der Waals surface area contributed by atoms with E-state index in [0.29, 0.717) is 11.2 Å². The summed E-state index contributed by atoms with van der Waals surface area (Å²) in [6.45, 7) is 5.22. The van der Waals surface area contributed by atoms with Gasteiger partial charge in [0.1, 0.15) is 5.52 Å². The Morgan fingerprint density at radius 1 is 1.44 bits per heavy atom. The molecular formula is C12H21N5S. The van der Waals surface area contributed by atoms with Gasteiger partial charge >= 0.3 is 0 Å². The molecule has 0 aliphatic heterocycles. The van der Waals surface area contributed by atoms with E-state index in [1.165, 1.54) is 0 Å². The summed E-state index contributed by atoms with van der Waals surface area (Å²) >= 11 is 1.87. The van der Waals surface area contributed by atoms with Crippen LogP contribution >= 0.6 is 11.8 Å². The van der Waals surface area contributed by atoms with Crippen LogP contribution in [0.3, 0.4) is 0 Å². The van der Waals surface area contributed by atoms with Crippen LogP contribution in [-0.4, -0.2) is 30.8 Å². The zero-order valence-corrected chi connectivity index (χ0v) is 12.3. The number of hydrogen-bond donors (Lipinski definition) is 1. The maximum absolute atomic E-state index is 6.02. The van der Waals surface area contributed by atoms with Crippen molar-refractivity contribution in [3.63, 3.8) is 0 Å². The SMILES string of the molecule is CCc1nn(C)c2c1nc(N)n2CCC(C)SC. The van der Waals surface area contributed by atoms with Gasteiger partial charge in [-0.15, -0.1) is 0 Å². The lowest BCUT2D eigenvalue weighted by molar-refractivity contribution is 0.637. The highest BCUT2D eigenvalue weighted by Gasteiger charge is 2.17. The Labute approximate surface area is 112 Å². The number of nitrogen functional groups attached to an aromatic ring is 1. The zero-order chi connectivity index (χ0) is 13.3. The van der Waals surface area contributed by atoms with Crippen molar-refractivity contribution in [2.45, 2.75) is 38.5 Å². The second-order valence-electron chi connectivity index (χ2n) is 4.55. The van der Waals surface area contributed by atoms with Crippen molar-refractivity contribution in [2.75, 3.05) is 12.0 Å². The summed E-state index contributed by atoms with van der Waals surface area (Å²) in [4.78, 5) is 4.46. The van der Waals surface area contributed by atoms with Gasteiger partial charge in [0.2, 0.25) is 5.95 Å². The molecule has 0 saturated carbocycles. The highest BCUT2D eigenvalue weighted by Crippen LogP contribution is 2.22. The Hall–Kier alpha value is -1.17. The minimum atomic E-state index is 0.598. The van der Waals surface area contributed by atoms with E-state index >= 15 is 0 Å². The fourth-order valence-corrected chi connectivity index (χ4v) is 2.49. The fourth-order valence-electron chi connectivity index (χ4n) is 2.15. The number of nitrogens with zero attached hydrogens (tertiary/aromatic N) is 4. The molecule has 0 bridgehead atoms. The number of rotatable bonds is 5. The predicted molar refractivity (Wildman–Crippen MR) is 77.9 cm³/mol. The molecule has 0 aromatic carbocycles. The van der Waals surface area contributed by atoms with Gasteiger partial charge in [0.05, 0.1) is 5.69 Å². The molecule has 1 atom stereocenters. The Kier molecular flexibility index (Phi) is 3.85. The lowest BCUT2D eigenvalue weighted by Crippen LogP contribution is -2.10. The van der Waals surface area contributed by atoms with Crippen LogP contribution in [0.15, 0.2) is 0 Å². The van der Waals surface area contributed by atoms with Crippen LogP contribution < -0.4 is 5.73 Å². The number of fused-ring (bicyclic) bond motifs is 1. The first-order valence-corrected chi connectivity index (χ1v) is 7.57. The molecule has 0 aliphatic carbocycles. The van der Waals surface area contributed by atoms with Crippen LogP contribution in [0.5, 0.6) is 0 Å². The molecule has 0 spiro atoms. The molecule has 0 fully saturated rings. The third kappa shape index (κ3) is 2.21. The van der Waals surface area contributed by atoms with E-state index in [4.69, 9.17) is 5.73 Å². The van der Waals surface area contributed by atoms with Crippen molar-refractivity contribution in [2.24, 2.45) is 7.05 Å². The lowest BCUT2D eigenvalue weighted by Gasteiger charge is -2.10. The largest absolute Gasteiger partial charge is 0.369 e. The first-order chi connectivity index (χ1) is 8.58. The monoisotopic (exact) mass is 267 g/mol. The lowest BCUT2D eigenvalue weighted by atomic mass is 10.3. The molecule has 2 N–H and O–H groups in total. The Morgan fingerprint density at radius 3 is 2.78 bits per heavy atom. The van der Waals surface area contributed by atoms with E-state index in [1.807, 2.05) is 23.5 Å². The molecule has 0 saturated heterocycles. The van der Waals surface area contributed by atoms with E-state index in [1.54, 1.807) is 0 Å².